The minimum Gasteiger partial charge on any atom is -0.325 e. The van der Waals surface area contributed by atoms with Gasteiger partial charge in [0.15, 0.2) is 0 Å². The molecule has 14 heavy (non-hydrogen) atoms. The SMILES string of the molecule is Cn1nc(CN)cc1-c1ccc(Br)s1. The van der Waals surface area contributed by atoms with E-state index in [4.69, 9.17) is 5.73 Å². The molecule has 5 heteroatoms. The van der Waals surface area contributed by atoms with Crippen molar-refractivity contribution in [2.75, 3.05) is 0 Å². The van der Waals surface area contributed by atoms with Crippen LogP contribution < -0.4 is 5.73 Å². The van der Waals surface area contributed by atoms with Gasteiger partial charge in [0.2, 0.25) is 0 Å². The lowest BCUT2D eigenvalue weighted by molar-refractivity contribution is 0.750. The average Bonchev–Trinajstić information content (AvgIpc) is 2.71. The molecule has 0 aliphatic rings. The van der Waals surface area contributed by atoms with E-state index in [1.165, 1.54) is 4.88 Å². The van der Waals surface area contributed by atoms with Crippen LogP contribution in [0.4, 0.5) is 0 Å². The molecule has 0 bridgehead atoms. The molecule has 0 aliphatic carbocycles. The zero-order valence-corrected chi connectivity index (χ0v) is 10.1. The number of hydrogen-bond donors (Lipinski definition) is 1. The second-order valence-electron chi connectivity index (χ2n) is 2.95. The maximum Gasteiger partial charge on any atom is 0.0782 e. The van der Waals surface area contributed by atoms with Gasteiger partial charge in [0.05, 0.1) is 20.1 Å². The first kappa shape index (κ1) is 9.89. The maximum absolute atomic E-state index is 5.53. The third-order valence-corrected chi connectivity index (χ3v) is 3.61. The quantitative estimate of drug-likeness (QED) is 0.912. The summed E-state index contributed by atoms with van der Waals surface area (Å²) < 4.78 is 2.99. The van der Waals surface area contributed by atoms with Crippen LogP contribution in [0.1, 0.15) is 5.69 Å². The summed E-state index contributed by atoms with van der Waals surface area (Å²) in [4.78, 5) is 1.20. The van der Waals surface area contributed by atoms with Crippen molar-refractivity contribution < 1.29 is 0 Å². The molecule has 2 aromatic rings. The molecule has 0 atom stereocenters. The molecule has 0 aromatic carbocycles. The Hall–Kier alpha value is -0.650. The standard InChI is InChI=1S/C9H10BrN3S/c1-13-7(4-6(5-11)12-13)8-2-3-9(10)14-8/h2-4H,5,11H2,1H3. The van der Waals surface area contributed by atoms with Crippen LogP contribution in [0.25, 0.3) is 10.6 Å². The first-order valence-corrected chi connectivity index (χ1v) is 5.80. The third kappa shape index (κ3) is 1.75. The number of halogens is 1. The molecule has 2 N–H and O–H groups in total. The van der Waals surface area contributed by atoms with Crippen molar-refractivity contribution in [1.82, 2.24) is 9.78 Å². The van der Waals surface area contributed by atoms with Gasteiger partial charge in [-0.1, -0.05) is 0 Å². The fraction of sp³-hybridized carbons (Fsp3) is 0.222. The molecule has 2 aromatic heterocycles. The highest BCUT2D eigenvalue weighted by molar-refractivity contribution is 9.11. The highest BCUT2D eigenvalue weighted by Gasteiger charge is 2.08. The van der Waals surface area contributed by atoms with Crippen molar-refractivity contribution in [2.45, 2.75) is 6.54 Å². The van der Waals surface area contributed by atoms with E-state index < -0.39 is 0 Å². The molecule has 0 aliphatic heterocycles. The summed E-state index contributed by atoms with van der Waals surface area (Å²) in [5.74, 6) is 0. The summed E-state index contributed by atoms with van der Waals surface area (Å²) in [5.41, 5.74) is 7.57. The lowest BCUT2D eigenvalue weighted by Crippen LogP contribution is -1.98. The lowest BCUT2D eigenvalue weighted by atomic mass is 10.3. The van der Waals surface area contributed by atoms with Gasteiger partial charge in [-0.05, 0) is 34.1 Å². The molecule has 0 fully saturated rings. The number of thiophene rings is 1. The number of nitrogens with two attached hydrogens (primary N) is 1. The van der Waals surface area contributed by atoms with Gasteiger partial charge in [-0.3, -0.25) is 4.68 Å². The molecule has 2 heterocycles. The molecule has 3 nitrogen and oxygen atoms in total. The van der Waals surface area contributed by atoms with Crippen molar-refractivity contribution in [3.63, 3.8) is 0 Å². The highest BCUT2D eigenvalue weighted by Crippen LogP contribution is 2.31. The minimum atomic E-state index is 0.486. The van der Waals surface area contributed by atoms with Crippen molar-refractivity contribution >= 4 is 27.3 Å². The van der Waals surface area contributed by atoms with E-state index >= 15 is 0 Å². The van der Waals surface area contributed by atoms with Crippen LogP contribution in [-0.4, -0.2) is 9.78 Å². The normalized spacial score (nSPS) is 10.8. The fourth-order valence-electron chi connectivity index (χ4n) is 1.31. The van der Waals surface area contributed by atoms with E-state index in [0.717, 1.165) is 15.2 Å². The van der Waals surface area contributed by atoms with Gasteiger partial charge in [-0.15, -0.1) is 11.3 Å². The predicted octanol–water partition coefficient (Wildman–Crippen LogP) is 2.37. The first-order valence-electron chi connectivity index (χ1n) is 4.19. The molecule has 0 saturated heterocycles. The average molecular weight is 272 g/mol. The minimum absolute atomic E-state index is 0.486. The summed E-state index contributed by atoms with van der Waals surface area (Å²) >= 11 is 5.14. The van der Waals surface area contributed by atoms with E-state index in [1.807, 2.05) is 23.9 Å². The van der Waals surface area contributed by atoms with Gasteiger partial charge in [-0.25, -0.2) is 0 Å². The maximum atomic E-state index is 5.53. The molecule has 2 rings (SSSR count). The Morgan fingerprint density at radius 3 is 2.86 bits per heavy atom. The van der Waals surface area contributed by atoms with Gasteiger partial charge in [0.25, 0.3) is 0 Å². The summed E-state index contributed by atoms with van der Waals surface area (Å²) in [5, 5.41) is 4.30. The van der Waals surface area contributed by atoms with Crippen LogP contribution in [0.2, 0.25) is 0 Å². The van der Waals surface area contributed by atoms with Crippen LogP contribution in [-0.2, 0) is 13.6 Å². The topological polar surface area (TPSA) is 43.8 Å². The summed E-state index contributed by atoms with van der Waals surface area (Å²) in [6.45, 7) is 0.486. The lowest BCUT2D eigenvalue weighted by Gasteiger charge is -1.95. The van der Waals surface area contributed by atoms with Crippen LogP contribution in [0.5, 0.6) is 0 Å². The summed E-state index contributed by atoms with van der Waals surface area (Å²) in [6, 6.07) is 6.14. The van der Waals surface area contributed by atoms with Crippen LogP contribution >= 0.6 is 27.3 Å². The largest absolute Gasteiger partial charge is 0.325 e. The van der Waals surface area contributed by atoms with Crippen molar-refractivity contribution in [2.24, 2.45) is 12.8 Å². The van der Waals surface area contributed by atoms with Crippen molar-refractivity contribution in [3.8, 4) is 10.6 Å². The molecule has 0 spiro atoms. The third-order valence-electron chi connectivity index (χ3n) is 1.97. The van der Waals surface area contributed by atoms with E-state index in [2.05, 4.69) is 27.1 Å². The summed E-state index contributed by atoms with van der Waals surface area (Å²) in [7, 11) is 1.93. The second kappa shape index (κ2) is 3.84. The Bertz CT molecular complexity index is 447. The fourth-order valence-corrected chi connectivity index (χ4v) is 2.74. The Morgan fingerprint density at radius 2 is 2.36 bits per heavy atom. The number of rotatable bonds is 2. The van der Waals surface area contributed by atoms with E-state index in [9.17, 15) is 0 Å². The number of aryl methyl sites for hydroxylation is 1. The molecule has 0 amide bonds. The molecule has 74 valence electrons. The molecular weight excluding hydrogens is 262 g/mol. The Balaban J connectivity index is 2.45. The Kier molecular flexibility index (Phi) is 2.71. The van der Waals surface area contributed by atoms with E-state index in [-0.39, 0.29) is 0 Å². The Labute approximate surface area is 94.7 Å². The van der Waals surface area contributed by atoms with Crippen LogP contribution in [0.3, 0.4) is 0 Å². The molecule has 0 radical (unpaired) electrons. The number of nitrogens with zero attached hydrogens (tertiary/aromatic N) is 2. The number of hydrogen-bond acceptors (Lipinski definition) is 3. The van der Waals surface area contributed by atoms with Crippen LogP contribution in [0, 0.1) is 0 Å². The van der Waals surface area contributed by atoms with Gasteiger partial charge in [-0.2, -0.15) is 5.10 Å². The summed E-state index contributed by atoms with van der Waals surface area (Å²) in [6.07, 6.45) is 0. The number of aromatic nitrogens is 2. The van der Waals surface area contributed by atoms with Gasteiger partial charge < -0.3 is 5.73 Å². The Morgan fingerprint density at radius 1 is 1.57 bits per heavy atom. The zero-order valence-electron chi connectivity index (χ0n) is 7.70. The van der Waals surface area contributed by atoms with E-state index in [0.29, 0.717) is 6.54 Å². The van der Waals surface area contributed by atoms with Gasteiger partial charge in [0, 0.05) is 13.6 Å². The smallest absolute Gasteiger partial charge is 0.0782 e. The molecule has 0 unspecified atom stereocenters. The van der Waals surface area contributed by atoms with Gasteiger partial charge in [0.1, 0.15) is 0 Å². The molecular formula is C9H10BrN3S. The highest BCUT2D eigenvalue weighted by atomic mass is 79.9. The van der Waals surface area contributed by atoms with Gasteiger partial charge >= 0.3 is 0 Å². The van der Waals surface area contributed by atoms with Crippen molar-refractivity contribution in [3.05, 3.63) is 27.7 Å². The zero-order chi connectivity index (χ0) is 10.1. The first-order chi connectivity index (χ1) is 6.70. The van der Waals surface area contributed by atoms with Crippen molar-refractivity contribution in [1.29, 1.82) is 0 Å². The molecule has 0 saturated carbocycles. The monoisotopic (exact) mass is 271 g/mol. The van der Waals surface area contributed by atoms with Crippen LogP contribution in [0.15, 0.2) is 22.0 Å². The second-order valence-corrected chi connectivity index (χ2v) is 5.42. The predicted molar refractivity (Wildman–Crippen MR) is 62.1 cm³/mol. The van der Waals surface area contributed by atoms with E-state index in [1.54, 1.807) is 11.3 Å².